The van der Waals surface area contributed by atoms with Crippen molar-refractivity contribution in [3.8, 4) is 5.75 Å². The number of nitrogens with one attached hydrogen (secondary N) is 1. The zero-order chi connectivity index (χ0) is 13.9. The minimum absolute atomic E-state index is 0.296. The molecule has 0 heterocycles. The number of ether oxygens (including phenoxy) is 1. The first-order chi connectivity index (χ1) is 8.97. The molecule has 19 heavy (non-hydrogen) atoms. The normalized spacial score (nSPS) is 17.2. The number of rotatable bonds is 7. The van der Waals surface area contributed by atoms with Gasteiger partial charge in [-0.3, -0.25) is 0 Å². The maximum Gasteiger partial charge on any atom is 0.175 e. The summed E-state index contributed by atoms with van der Waals surface area (Å²) < 4.78 is 28.4. The summed E-state index contributed by atoms with van der Waals surface area (Å²) in [6.45, 7) is 3.52. The van der Waals surface area contributed by atoms with E-state index >= 15 is 0 Å². The Morgan fingerprint density at radius 3 is 2.79 bits per heavy atom. The molecule has 5 heteroatoms. The number of hydrogen-bond donors (Lipinski definition) is 1. The number of hydrogen-bond acceptors (Lipinski definition) is 4. The van der Waals surface area contributed by atoms with Gasteiger partial charge < -0.3 is 10.1 Å². The Morgan fingerprint density at radius 2 is 2.16 bits per heavy atom. The van der Waals surface area contributed by atoms with Crippen LogP contribution < -0.4 is 10.1 Å². The van der Waals surface area contributed by atoms with Gasteiger partial charge in [0.15, 0.2) is 9.84 Å². The summed E-state index contributed by atoms with van der Waals surface area (Å²) in [7, 11) is -3.17. The molecule has 1 atom stereocenters. The molecule has 0 radical (unpaired) electrons. The van der Waals surface area contributed by atoms with Gasteiger partial charge in [-0.1, -0.05) is 6.07 Å². The van der Waals surface area contributed by atoms with Crippen molar-refractivity contribution in [3.05, 3.63) is 24.3 Å². The van der Waals surface area contributed by atoms with E-state index in [1.165, 1.54) is 19.1 Å². The third-order valence-electron chi connectivity index (χ3n) is 3.40. The Bertz CT molecular complexity index is 523. The molecule has 1 unspecified atom stereocenters. The molecule has 0 bridgehead atoms. The maximum absolute atomic E-state index is 11.4. The SMILES string of the molecule is CC(NCCOc1cccc(S(C)(=O)=O)c1)C1CC1. The summed E-state index contributed by atoms with van der Waals surface area (Å²) in [6, 6.07) is 7.17. The molecule has 0 saturated heterocycles. The van der Waals surface area contributed by atoms with Gasteiger partial charge in [-0.2, -0.15) is 0 Å². The molecular weight excluding hydrogens is 262 g/mol. The second kappa shape index (κ2) is 5.92. The summed E-state index contributed by atoms with van der Waals surface area (Å²) in [5, 5.41) is 3.42. The van der Waals surface area contributed by atoms with E-state index in [-0.39, 0.29) is 0 Å². The molecule has 1 fully saturated rings. The van der Waals surface area contributed by atoms with Crippen LogP contribution in [0.2, 0.25) is 0 Å². The van der Waals surface area contributed by atoms with Crippen LogP contribution in [0, 0.1) is 5.92 Å². The molecule has 4 nitrogen and oxygen atoms in total. The largest absolute Gasteiger partial charge is 0.492 e. The lowest BCUT2D eigenvalue weighted by Crippen LogP contribution is -2.31. The van der Waals surface area contributed by atoms with Crippen LogP contribution in [0.4, 0.5) is 0 Å². The molecule has 0 aromatic heterocycles. The van der Waals surface area contributed by atoms with Gasteiger partial charge in [-0.15, -0.1) is 0 Å². The Hall–Kier alpha value is -1.07. The van der Waals surface area contributed by atoms with Gasteiger partial charge in [0, 0.05) is 18.8 Å². The van der Waals surface area contributed by atoms with Crippen LogP contribution in [0.1, 0.15) is 19.8 Å². The summed E-state index contributed by atoms with van der Waals surface area (Å²) in [5.41, 5.74) is 0. The Balaban J connectivity index is 1.79. The van der Waals surface area contributed by atoms with E-state index in [2.05, 4.69) is 12.2 Å². The molecule has 1 aliphatic carbocycles. The van der Waals surface area contributed by atoms with Crippen LogP contribution in [0.5, 0.6) is 5.75 Å². The molecule has 0 aliphatic heterocycles. The lowest BCUT2D eigenvalue weighted by Gasteiger charge is -2.13. The van der Waals surface area contributed by atoms with E-state index in [1.54, 1.807) is 24.3 Å². The predicted octanol–water partition coefficient (Wildman–Crippen LogP) is 1.86. The van der Waals surface area contributed by atoms with Gasteiger partial charge in [-0.25, -0.2) is 8.42 Å². The second-order valence-corrected chi connectivity index (χ2v) is 7.19. The van der Waals surface area contributed by atoms with Crippen LogP contribution in [-0.2, 0) is 9.84 Å². The minimum atomic E-state index is -3.17. The molecule has 1 aromatic carbocycles. The van der Waals surface area contributed by atoms with Crippen LogP contribution in [0.15, 0.2) is 29.2 Å². The zero-order valence-electron chi connectivity index (χ0n) is 11.4. The summed E-state index contributed by atoms with van der Waals surface area (Å²) in [5.74, 6) is 1.43. The van der Waals surface area contributed by atoms with Crippen molar-refractivity contribution >= 4 is 9.84 Å². The van der Waals surface area contributed by atoms with Crippen molar-refractivity contribution in [2.75, 3.05) is 19.4 Å². The van der Waals surface area contributed by atoms with Crippen molar-refractivity contribution in [1.29, 1.82) is 0 Å². The average Bonchev–Trinajstić information content (AvgIpc) is 3.18. The Kier molecular flexibility index (Phi) is 4.47. The fraction of sp³-hybridized carbons (Fsp3) is 0.571. The van der Waals surface area contributed by atoms with Gasteiger partial charge in [0.2, 0.25) is 0 Å². The molecule has 1 saturated carbocycles. The van der Waals surface area contributed by atoms with Crippen LogP contribution >= 0.6 is 0 Å². The van der Waals surface area contributed by atoms with Crippen LogP contribution in [0.3, 0.4) is 0 Å². The molecule has 0 amide bonds. The highest BCUT2D eigenvalue weighted by molar-refractivity contribution is 7.90. The molecule has 106 valence electrons. The predicted molar refractivity (Wildman–Crippen MR) is 75.2 cm³/mol. The first-order valence-corrected chi connectivity index (χ1v) is 8.52. The van der Waals surface area contributed by atoms with Gasteiger partial charge >= 0.3 is 0 Å². The highest BCUT2D eigenvalue weighted by atomic mass is 32.2. The molecule has 1 aromatic rings. The lowest BCUT2D eigenvalue weighted by atomic mass is 10.2. The zero-order valence-corrected chi connectivity index (χ0v) is 12.2. The summed E-state index contributed by atoms with van der Waals surface area (Å²) >= 11 is 0. The number of sulfone groups is 1. The van der Waals surface area contributed by atoms with Gasteiger partial charge in [-0.05, 0) is 43.9 Å². The highest BCUT2D eigenvalue weighted by Crippen LogP contribution is 2.32. The molecular formula is C14H21NO3S. The quantitative estimate of drug-likeness (QED) is 0.776. The number of benzene rings is 1. The lowest BCUT2D eigenvalue weighted by molar-refractivity contribution is 0.302. The summed E-state index contributed by atoms with van der Waals surface area (Å²) in [4.78, 5) is 0.296. The van der Waals surface area contributed by atoms with Crippen molar-refractivity contribution in [2.24, 2.45) is 5.92 Å². The van der Waals surface area contributed by atoms with E-state index in [0.29, 0.717) is 23.3 Å². The molecule has 1 aliphatic rings. The van der Waals surface area contributed by atoms with E-state index in [1.807, 2.05) is 0 Å². The maximum atomic E-state index is 11.4. The van der Waals surface area contributed by atoms with Crippen molar-refractivity contribution in [1.82, 2.24) is 5.32 Å². The first-order valence-electron chi connectivity index (χ1n) is 6.63. The average molecular weight is 283 g/mol. The molecule has 0 spiro atoms. The van der Waals surface area contributed by atoms with Gasteiger partial charge in [0.25, 0.3) is 0 Å². The first kappa shape index (κ1) is 14.3. The Morgan fingerprint density at radius 1 is 1.42 bits per heavy atom. The standard InChI is InChI=1S/C14H21NO3S/c1-11(12-6-7-12)15-8-9-18-13-4-3-5-14(10-13)19(2,16)17/h3-5,10-12,15H,6-9H2,1-2H3. The van der Waals surface area contributed by atoms with E-state index in [0.717, 1.165) is 12.5 Å². The fourth-order valence-corrected chi connectivity index (χ4v) is 2.67. The van der Waals surface area contributed by atoms with E-state index in [9.17, 15) is 8.42 Å². The second-order valence-electron chi connectivity index (χ2n) is 5.18. The third kappa shape index (κ3) is 4.51. The smallest absolute Gasteiger partial charge is 0.175 e. The van der Waals surface area contributed by atoms with Crippen molar-refractivity contribution in [2.45, 2.75) is 30.7 Å². The van der Waals surface area contributed by atoms with Gasteiger partial charge in [0.05, 0.1) is 4.90 Å². The summed E-state index contributed by atoms with van der Waals surface area (Å²) in [6.07, 6.45) is 3.85. The molecule has 2 rings (SSSR count). The highest BCUT2D eigenvalue weighted by Gasteiger charge is 2.27. The minimum Gasteiger partial charge on any atom is -0.492 e. The monoisotopic (exact) mass is 283 g/mol. The van der Waals surface area contributed by atoms with E-state index < -0.39 is 9.84 Å². The van der Waals surface area contributed by atoms with Crippen molar-refractivity contribution < 1.29 is 13.2 Å². The topological polar surface area (TPSA) is 55.4 Å². The van der Waals surface area contributed by atoms with Crippen LogP contribution in [-0.4, -0.2) is 33.9 Å². The third-order valence-corrected chi connectivity index (χ3v) is 4.51. The Labute approximate surface area is 115 Å². The fourth-order valence-electron chi connectivity index (χ4n) is 2.01. The van der Waals surface area contributed by atoms with Crippen molar-refractivity contribution in [3.63, 3.8) is 0 Å². The van der Waals surface area contributed by atoms with Gasteiger partial charge in [0.1, 0.15) is 12.4 Å². The van der Waals surface area contributed by atoms with Crippen LogP contribution in [0.25, 0.3) is 0 Å². The van der Waals surface area contributed by atoms with E-state index in [4.69, 9.17) is 4.74 Å². The molecule has 1 N–H and O–H groups in total.